The zero-order valence-corrected chi connectivity index (χ0v) is 11.1. The smallest absolute Gasteiger partial charge is 0.367 e. The maximum Gasteiger partial charge on any atom is 0.367 e. The van der Waals surface area contributed by atoms with Gasteiger partial charge in [0, 0.05) is 18.2 Å². The van der Waals surface area contributed by atoms with Crippen molar-refractivity contribution >= 4 is 5.69 Å². The summed E-state index contributed by atoms with van der Waals surface area (Å²) in [6, 6.07) is 12.1. The number of nitro benzene ring substituents is 1. The van der Waals surface area contributed by atoms with Crippen LogP contribution in [0.3, 0.4) is 0 Å². The lowest BCUT2D eigenvalue weighted by molar-refractivity contribution is -0.677. The molecule has 0 atom stereocenters. The number of aryl methyl sites for hydroxylation is 1. The van der Waals surface area contributed by atoms with Gasteiger partial charge in [0.05, 0.1) is 11.0 Å². The molecule has 5 nitrogen and oxygen atoms in total. The number of hydrogen-bond donors (Lipinski definition) is 0. The third-order valence-electron chi connectivity index (χ3n) is 2.52. The third-order valence-corrected chi connectivity index (χ3v) is 2.52. The second kappa shape index (κ2) is 6.70. The van der Waals surface area contributed by atoms with E-state index >= 15 is 0 Å². The molecule has 0 saturated heterocycles. The first kappa shape index (κ1) is 14.9. The van der Waals surface area contributed by atoms with Gasteiger partial charge < -0.3 is 17.1 Å². The van der Waals surface area contributed by atoms with E-state index in [-0.39, 0.29) is 18.1 Å². The minimum absolute atomic E-state index is 0. The highest BCUT2D eigenvalue weighted by molar-refractivity contribution is 5.34. The van der Waals surface area contributed by atoms with Gasteiger partial charge in [-0.1, -0.05) is 12.1 Å². The molecule has 0 bridgehead atoms. The Morgan fingerprint density at radius 1 is 1.26 bits per heavy atom. The van der Waals surface area contributed by atoms with Gasteiger partial charge >= 0.3 is 5.88 Å². The van der Waals surface area contributed by atoms with Crippen molar-refractivity contribution in [2.75, 3.05) is 0 Å². The summed E-state index contributed by atoms with van der Waals surface area (Å²) in [5.74, 6) is 0.712. The van der Waals surface area contributed by atoms with Crippen LogP contribution in [0.15, 0.2) is 48.7 Å². The molecular weight excluding hydrogens is 268 g/mol. The van der Waals surface area contributed by atoms with Crippen LogP contribution in [0.1, 0.15) is 5.56 Å². The first-order chi connectivity index (χ1) is 8.66. The molecule has 19 heavy (non-hydrogen) atoms. The second-order valence-corrected chi connectivity index (χ2v) is 3.87. The number of nitro groups is 1. The molecule has 0 amide bonds. The average molecular weight is 281 g/mol. The Kier molecular flexibility index (Phi) is 5.26. The van der Waals surface area contributed by atoms with Crippen molar-refractivity contribution in [3.05, 3.63) is 64.3 Å². The zero-order chi connectivity index (χ0) is 13.0. The number of pyridine rings is 1. The van der Waals surface area contributed by atoms with Gasteiger partial charge in [0.15, 0.2) is 6.20 Å². The first-order valence-electron chi connectivity index (χ1n) is 5.47. The van der Waals surface area contributed by atoms with Gasteiger partial charge in [0.2, 0.25) is 0 Å². The molecule has 2 aromatic rings. The van der Waals surface area contributed by atoms with Crippen molar-refractivity contribution in [3.63, 3.8) is 0 Å². The van der Waals surface area contributed by atoms with E-state index in [0.29, 0.717) is 12.5 Å². The fraction of sp³-hybridized carbons (Fsp3) is 0.154. The van der Waals surface area contributed by atoms with E-state index in [0.717, 1.165) is 5.56 Å². The maximum absolute atomic E-state index is 10.6. The molecule has 1 aromatic heterocycles. The number of rotatable bonds is 4. The van der Waals surface area contributed by atoms with Crippen LogP contribution < -0.4 is 21.7 Å². The summed E-state index contributed by atoms with van der Waals surface area (Å²) >= 11 is 0. The molecule has 0 N–H and O–H groups in total. The Hall–Kier alpha value is -2.14. The quantitative estimate of drug-likeness (QED) is 0.410. The Morgan fingerprint density at radius 2 is 2.05 bits per heavy atom. The molecule has 0 saturated carbocycles. The summed E-state index contributed by atoms with van der Waals surface area (Å²) in [4.78, 5) is 10.2. The lowest BCUT2D eigenvalue weighted by atomic mass is 10.2. The maximum atomic E-state index is 10.6. The molecule has 0 aliphatic heterocycles. The van der Waals surface area contributed by atoms with Crippen LogP contribution in [-0.4, -0.2) is 4.92 Å². The zero-order valence-electron chi connectivity index (χ0n) is 10.3. The van der Waals surface area contributed by atoms with Crippen LogP contribution in [0.25, 0.3) is 0 Å². The predicted molar refractivity (Wildman–Crippen MR) is 65.0 cm³/mol. The number of halogens is 1. The SMILES string of the molecule is C[n+]1ccccc1OCc1cccc([N+](=O)[O-])c1.[Cl-]. The van der Waals surface area contributed by atoms with E-state index in [9.17, 15) is 10.1 Å². The Labute approximate surface area is 117 Å². The summed E-state index contributed by atoms with van der Waals surface area (Å²) in [6.07, 6.45) is 1.88. The monoisotopic (exact) mass is 280 g/mol. The molecule has 0 radical (unpaired) electrons. The summed E-state index contributed by atoms with van der Waals surface area (Å²) in [5.41, 5.74) is 0.849. The van der Waals surface area contributed by atoms with Gasteiger partial charge in [-0.25, -0.2) is 0 Å². The van der Waals surface area contributed by atoms with Gasteiger partial charge in [-0.15, -0.1) is 0 Å². The normalized spacial score (nSPS) is 9.53. The number of nitrogens with zero attached hydrogens (tertiary/aromatic N) is 2. The van der Waals surface area contributed by atoms with E-state index in [2.05, 4.69) is 0 Å². The lowest BCUT2D eigenvalue weighted by Gasteiger charge is -2.03. The highest BCUT2D eigenvalue weighted by atomic mass is 35.5. The fourth-order valence-electron chi connectivity index (χ4n) is 1.57. The molecule has 0 fully saturated rings. The first-order valence-corrected chi connectivity index (χ1v) is 5.47. The van der Waals surface area contributed by atoms with Gasteiger partial charge in [-0.05, 0) is 11.6 Å². The molecule has 6 heteroatoms. The van der Waals surface area contributed by atoms with Gasteiger partial charge in [-0.2, -0.15) is 4.57 Å². The summed E-state index contributed by atoms with van der Waals surface area (Å²) in [7, 11) is 1.88. The Morgan fingerprint density at radius 3 is 2.74 bits per heavy atom. The van der Waals surface area contributed by atoms with E-state index < -0.39 is 4.92 Å². The number of benzene rings is 1. The van der Waals surface area contributed by atoms with Crippen molar-refractivity contribution in [1.29, 1.82) is 0 Å². The number of aromatic nitrogens is 1. The molecule has 0 unspecified atom stereocenters. The van der Waals surface area contributed by atoms with Crippen molar-refractivity contribution in [2.45, 2.75) is 6.61 Å². The van der Waals surface area contributed by atoms with E-state index in [4.69, 9.17) is 4.74 Å². The highest BCUT2D eigenvalue weighted by Gasteiger charge is 2.08. The van der Waals surface area contributed by atoms with Crippen LogP contribution in [-0.2, 0) is 13.7 Å². The molecular formula is C13H13ClN2O3. The molecule has 1 heterocycles. The Balaban J connectivity index is 0.00000180. The van der Waals surface area contributed by atoms with Crippen molar-refractivity contribution in [3.8, 4) is 5.88 Å². The molecule has 2 rings (SSSR count). The predicted octanol–water partition coefficient (Wildman–Crippen LogP) is -0.998. The average Bonchev–Trinajstić information content (AvgIpc) is 2.38. The minimum Gasteiger partial charge on any atom is -1.00 e. The third kappa shape index (κ3) is 3.93. The number of hydrogen-bond acceptors (Lipinski definition) is 3. The topological polar surface area (TPSA) is 56.2 Å². The lowest BCUT2D eigenvalue weighted by Crippen LogP contribution is -3.00. The largest absolute Gasteiger partial charge is 1.00 e. The van der Waals surface area contributed by atoms with Crippen LogP contribution in [0.4, 0.5) is 5.69 Å². The van der Waals surface area contributed by atoms with E-state index in [1.807, 2.05) is 36.0 Å². The van der Waals surface area contributed by atoms with Gasteiger partial charge in [-0.3, -0.25) is 10.1 Å². The highest BCUT2D eigenvalue weighted by Crippen LogP contribution is 2.14. The van der Waals surface area contributed by atoms with E-state index in [1.165, 1.54) is 12.1 Å². The minimum atomic E-state index is -0.411. The molecule has 1 aromatic carbocycles. The standard InChI is InChI=1S/C13H13N2O3.ClH/c1-14-8-3-2-7-13(14)18-10-11-5-4-6-12(9-11)15(16)17;/h2-9H,10H2,1H3;1H/q+1;/p-1. The summed E-state index contributed by atoms with van der Waals surface area (Å²) < 4.78 is 7.44. The van der Waals surface area contributed by atoms with Crippen LogP contribution >= 0.6 is 0 Å². The van der Waals surface area contributed by atoms with Crippen molar-refractivity contribution < 1.29 is 26.6 Å². The van der Waals surface area contributed by atoms with Crippen LogP contribution in [0.5, 0.6) is 5.88 Å². The Bertz CT molecular complexity index is 575. The number of non-ortho nitro benzene ring substituents is 1. The van der Waals surface area contributed by atoms with Crippen LogP contribution in [0, 0.1) is 10.1 Å². The molecule has 0 aliphatic rings. The van der Waals surface area contributed by atoms with Crippen molar-refractivity contribution in [2.24, 2.45) is 7.05 Å². The molecule has 0 aliphatic carbocycles. The second-order valence-electron chi connectivity index (χ2n) is 3.87. The van der Waals surface area contributed by atoms with Crippen molar-refractivity contribution in [1.82, 2.24) is 0 Å². The summed E-state index contributed by atoms with van der Waals surface area (Å²) in [5, 5.41) is 10.6. The molecule has 0 spiro atoms. The van der Waals surface area contributed by atoms with Gasteiger partial charge in [0.25, 0.3) is 5.69 Å². The number of ether oxygens (including phenoxy) is 1. The van der Waals surface area contributed by atoms with E-state index in [1.54, 1.807) is 12.1 Å². The molecule has 100 valence electrons. The van der Waals surface area contributed by atoms with Gasteiger partial charge in [0.1, 0.15) is 13.7 Å². The fourth-order valence-corrected chi connectivity index (χ4v) is 1.57. The van der Waals surface area contributed by atoms with Crippen LogP contribution in [0.2, 0.25) is 0 Å². The summed E-state index contributed by atoms with van der Waals surface area (Å²) in [6.45, 7) is 0.305.